The Morgan fingerprint density at radius 1 is 1.20 bits per heavy atom. The van der Waals surface area contributed by atoms with Gasteiger partial charge in [-0.1, -0.05) is 39.3 Å². The Bertz CT molecular complexity index is 506. The maximum atomic E-state index is 11.1. The van der Waals surface area contributed by atoms with Crippen molar-refractivity contribution >= 4 is 19.7 Å². The van der Waals surface area contributed by atoms with Crippen LogP contribution in [-0.2, 0) is 15.5 Å². The van der Waals surface area contributed by atoms with Crippen molar-refractivity contribution in [1.29, 1.82) is 0 Å². The fraction of sp³-hybridized carbons (Fsp3) is 0.600. The highest BCUT2D eigenvalue weighted by atomic mass is 35.7. The third-order valence-corrected chi connectivity index (χ3v) is 4.39. The quantitative estimate of drug-likeness (QED) is 0.680. The van der Waals surface area contributed by atoms with Gasteiger partial charge in [0, 0.05) is 16.1 Å². The number of hydrogen-bond donors (Lipinski definition) is 0. The lowest BCUT2D eigenvalue weighted by Crippen LogP contribution is -2.28. The summed E-state index contributed by atoms with van der Waals surface area (Å²) in [6, 6.07) is 7.96. The summed E-state index contributed by atoms with van der Waals surface area (Å²) < 4.78 is 27.9. The van der Waals surface area contributed by atoms with E-state index in [2.05, 4.69) is 19.1 Å². The van der Waals surface area contributed by atoms with Gasteiger partial charge >= 0.3 is 0 Å². The Kier molecular flexibility index (Phi) is 6.34. The van der Waals surface area contributed by atoms with Crippen LogP contribution >= 0.6 is 10.7 Å². The van der Waals surface area contributed by atoms with Crippen LogP contribution in [0, 0.1) is 5.41 Å². The Balaban J connectivity index is 2.53. The van der Waals surface area contributed by atoms with Gasteiger partial charge in [0.25, 0.3) is 0 Å². The van der Waals surface area contributed by atoms with E-state index >= 15 is 0 Å². The largest absolute Gasteiger partial charge is 0.493 e. The first kappa shape index (κ1) is 17.3. The molecule has 3 nitrogen and oxygen atoms in total. The lowest BCUT2D eigenvalue weighted by molar-refractivity contribution is 0.200. The first-order valence-electron chi connectivity index (χ1n) is 6.86. The molecule has 0 bridgehead atoms. The molecule has 5 heteroatoms. The van der Waals surface area contributed by atoms with Crippen LogP contribution in [0.15, 0.2) is 24.3 Å². The summed E-state index contributed by atoms with van der Waals surface area (Å²) in [5.41, 5.74) is 0.781. The van der Waals surface area contributed by atoms with E-state index in [1.807, 2.05) is 26.0 Å². The van der Waals surface area contributed by atoms with Crippen LogP contribution in [0.25, 0.3) is 0 Å². The number of unbranched alkanes of at least 4 members (excludes halogenated alkanes) is 1. The summed E-state index contributed by atoms with van der Waals surface area (Å²) in [4.78, 5) is 0. The molecule has 0 saturated heterocycles. The molecule has 0 aliphatic carbocycles. The molecule has 0 amide bonds. The molecule has 0 radical (unpaired) electrons. The van der Waals surface area contributed by atoms with Gasteiger partial charge in [-0.05, 0) is 30.5 Å². The van der Waals surface area contributed by atoms with Crippen molar-refractivity contribution in [1.82, 2.24) is 0 Å². The predicted molar refractivity (Wildman–Crippen MR) is 84.0 cm³/mol. The van der Waals surface area contributed by atoms with Crippen molar-refractivity contribution in [3.63, 3.8) is 0 Å². The van der Waals surface area contributed by atoms with E-state index in [4.69, 9.17) is 15.4 Å². The molecule has 0 fully saturated rings. The zero-order chi connectivity index (χ0) is 15.2. The Hall–Kier alpha value is -0.740. The lowest BCUT2D eigenvalue weighted by atomic mass is 9.98. The van der Waals surface area contributed by atoms with Gasteiger partial charge in [-0.3, -0.25) is 0 Å². The maximum Gasteiger partial charge on any atom is 0.233 e. The van der Waals surface area contributed by atoms with Crippen molar-refractivity contribution in [2.45, 2.75) is 40.0 Å². The minimum Gasteiger partial charge on any atom is -0.493 e. The van der Waals surface area contributed by atoms with E-state index in [9.17, 15) is 8.42 Å². The number of ether oxygens (including phenoxy) is 1. The van der Waals surface area contributed by atoms with Crippen molar-refractivity contribution in [2.75, 3.05) is 12.4 Å². The third-order valence-electron chi connectivity index (χ3n) is 2.94. The number of rotatable bonds is 8. The van der Waals surface area contributed by atoms with Gasteiger partial charge in [0.15, 0.2) is 0 Å². The summed E-state index contributed by atoms with van der Waals surface area (Å²) >= 11 is 0. The third kappa shape index (κ3) is 7.15. The van der Waals surface area contributed by atoms with Gasteiger partial charge < -0.3 is 4.74 Å². The van der Waals surface area contributed by atoms with Gasteiger partial charge in [0.2, 0.25) is 9.05 Å². The molecule has 0 heterocycles. The molecular formula is C15H23ClO3S. The van der Waals surface area contributed by atoms with E-state index in [1.54, 1.807) is 0 Å². The molecule has 1 aromatic rings. The minimum atomic E-state index is -3.51. The van der Waals surface area contributed by atoms with Crippen LogP contribution in [0.5, 0.6) is 5.75 Å². The first-order valence-corrected chi connectivity index (χ1v) is 9.34. The van der Waals surface area contributed by atoms with E-state index < -0.39 is 14.5 Å². The van der Waals surface area contributed by atoms with Crippen LogP contribution in [0.4, 0.5) is 0 Å². The van der Waals surface area contributed by atoms with Gasteiger partial charge in [-0.25, -0.2) is 8.42 Å². The first-order chi connectivity index (χ1) is 9.22. The zero-order valence-electron chi connectivity index (χ0n) is 12.4. The summed E-state index contributed by atoms with van der Waals surface area (Å²) in [6.45, 7) is 6.13. The second-order valence-corrected chi connectivity index (χ2v) is 8.66. The van der Waals surface area contributed by atoms with E-state index in [0.717, 1.165) is 12.2 Å². The molecule has 0 unspecified atom stereocenters. The van der Waals surface area contributed by atoms with Crippen LogP contribution < -0.4 is 4.74 Å². The van der Waals surface area contributed by atoms with Crippen molar-refractivity contribution in [3.8, 4) is 5.75 Å². The second kappa shape index (κ2) is 7.32. The van der Waals surface area contributed by atoms with Crippen molar-refractivity contribution in [2.24, 2.45) is 5.41 Å². The molecule has 0 spiro atoms. The van der Waals surface area contributed by atoms with Gasteiger partial charge in [0.05, 0.1) is 12.4 Å². The fourth-order valence-electron chi connectivity index (χ4n) is 1.92. The van der Waals surface area contributed by atoms with Crippen LogP contribution in [0.2, 0.25) is 0 Å². The highest BCUT2D eigenvalue weighted by molar-refractivity contribution is 8.13. The smallest absolute Gasteiger partial charge is 0.233 e. The number of halogens is 1. The van der Waals surface area contributed by atoms with Gasteiger partial charge in [-0.15, -0.1) is 0 Å². The monoisotopic (exact) mass is 318 g/mol. The summed E-state index contributed by atoms with van der Waals surface area (Å²) in [5, 5.41) is 0. The highest BCUT2D eigenvalue weighted by Crippen LogP contribution is 2.22. The Labute approximate surface area is 126 Å². The molecule has 1 rings (SSSR count). The second-order valence-electron chi connectivity index (χ2n) is 5.88. The maximum absolute atomic E-state index is 11.1. The Morgan fingerprint density at radius 3 is 2.30 bits per heavy atom. The normalized spacial score (nSPS) is 12.4. The summed E-state index contributed by atoms with van der Waals surface area (Å²) in [6.07, 6.45) is 3.44. The number of benzene rings is 1. The SMILES string of the molecule is CCCCc1ccc(OCC(C)(C)CS(=O)(=O)Cl)cc1. The van der Waals surface area contributed by atoms with Crippen LogP contribution in [0.3, 0.4) is 0 Å². The molecular weight excluding hydrogens is 296 g/mol. The standard InChI is InChI=1S/C15H23ClO3S/c1-4-5-6-13-7-9-14(10-8-13)19-11-15(2,3)12-20(16,17)18/h7-10H,4-6,11-12H2,1-3H3. The fourth-order valence-corrected chi connectivity index (χ4v) is 3.82. The molecule has 0 atom stereocenters. The Morgan fingerprint density at radius 2 is 1.80 bits per heavy atom. The van der Waals surface area contributed by atoms with E-state index in [-0.39, 0.29) is 5.75 Å². The predicted octanol–water partition coefficient (Wildman–Crippen LogP) is 4.00. The van der Waals surface area contributed by atoms with Crippen molar-refractivity contribution in [3.05, 3.63) is 29.8 Å². The van der Waals surface area contributed by atoms with E-state index in [1.165, 1.54) is 18.4 Å². The van der Waals surface area contributed by atoms with Crippen molar-refractivity contribution < 1.29 is 13.2 Å². The molecule has 0 aliphatic heterocycles. The zero-order valence-corrected chi connectivity index (χ0v) is 13.9. The summed E-state index contributed by atoms with van der Waals surface area (Å²) in [7, 11) is 1.77. The average Bonchev–Trinajstić information content (AvgIpc) is 2.32. The molecule has 114 valence electrons. The van der Waals surface area contributed by atoms with E-state index in [0.29, 0.717) is 6.61 Å². The minimum absolute atomic E-state index is 0.101. The number of aryl methyl sites for hydroxylation is 1. The van der Waals surface area contributed by atoms with Gasteiger partial charge in [0.1, 0.15) is 5.75 Å². The molecule has 0 aromatic heterocycles. The summed E-state index contributed by atoms with van der Waals surface area (Å²) in [5.74, 6) is 0.654. The van der Waals surface area contributed by atoms with Gasteiger partial charge in [-0.2, -0.15) is 0 Å². The average molecular weight is 319 g/mol. The topological polar surface area (TPSA) is 43.4 Å². The van der Waals surface area contributed by atoms with Crippen LogP contribution in [0.1, 0.15) is 39.2 Å². The number of hydrogen-bond acceptors (Lipinski definition) is 3. The molecule has 0 N–H and O–H groups in total. The molecule has 20 heavy (non-hydrogen) atoms. The molecule has 1 aromatic carbocycles. The molecule has 0 aliphatic rings. The lowest BCUT2D eigenvalue weighted by Gasteiger charge is -2.23. The molecule has 0 saturated carbocycles. The van der Waals surface area contributed by atoms with Crippen LogP contribution in [-0.4, -0.2) is 20.8 Å². The highest BCUT2D eigenvalue weighted by Gasteiger charge is 2.25.